The van der Waals surface area contributed by atoms with Crippen LogP contribution in [-0.4, -0.2) is 12.8 Å². The van der Waals surface area contributed by atoms with Crippen molar-refractivity contribution in [2.24, 2.45) is 5.73 Å². The van der Waals surface area contributed by atoms with Crippen LogP contribution in [0.25, 0.3) is 16.8 Å². The Morgan fingerprint density at radius 2 is 2.00 bits per heavy atom. The SMILES string of the molecule is NC1[N-]C=CC[N-]1.[Cl][Cu][Cl].[Cu+].[NH2-]. The van der Waals surface area contributed by atoms with Gasteiger partial charge in [0.05, 0.1) is 0 Å². The Morgan fingerprint density at radius 1 is 1.50 bits per heavy atom. The maximum Gasteiger partial charge on any atom is 1.00 e. The summed E-state index contributed by atoms with van der Waals surface area (Å²) >= 11 is 0.757. The molecule has 0 spiro atoms. The average Bonchev–Trinajstić information content (AvgIpc) is 1.91. The molecule has 1 atom stereocenters. The average molecular weight is 311 g/mol. The first-order valence-electron chi connectivity index (χ1n) is 2.39. The molecule has 0 radical (unpaired) electrons. The predicted octanol–water partition coefficient (Wildman–Crippen LogP) is 2.59. The number of nitrogens with zero attached hydrogens (tertiary/aromatic N) is 2. The second kappa shape index (κ2) is 14.6. The monoisotopic (exact) mass is 309 g/mol. The largest absolute Gasteiger partial charge is 1.00 e. The van der Waals surface area contributed by atoms with Crippen LogP contribution in [0.15, 0.2) is 12.3 Å². The molecular formula is C4H9Cl2Cu2N4-2. The van der Waals surface area contributed by atoms with E-state index in [4.69, 9.17) is 5.73 Å². The van der Waals surface area contributed by atoms with Crippen LogP contribution in [0.2, 0.25) is 0 Å². The van der Waals surface area contributed by atoms with Gasteiger partial charge in [0.25, 0.3) is 0 Å². The Balaban J connectivity index is -0.000000146. The molecule has 1 heterocycles. The minimum absolute atomic E-state index is 0. The molecule has 83 valence electrons. The summed E-state index contributed by atoms with van der Waals surface area (Å²) in [5.74, 6) is 0. The topological polar surface area (TPSA) is 87.7 Å². The van der Waals surface area contributed by atoms with E-state index in [1.54, 1.807) is 6.20 Å². The van der Waals surface area contributed by atoms with Gasteiger partial charge in [0.2, 0.25) is 0 Å². The Bertz CT molecular complexity index is 105. The zero-order chi connectivity index (χ0) is 7.82. The Labute approximate surface area is 97.7 Å². The fourth-order valence-electron chi connectivity index (χ4n) is 0.412. The van der Waals surface area contributed by atoms with Crippen molar-refractivity contribution in [3.63, 3.8) is 0 Å². The molecule has 4 N–H and O–H groups in total. The second-order valence-corrected chi connectivity index (χ2v) is 2.91. The molecule has 0 bridgehead atoms. The van der Waals surface area contributed by atoms with E-state index in [0.717, 1.165) is 13.1 Å². The van der Waals surface area contributed by atoms with E-state index < -0.39 is 0 Å². The maximum atomic E-state index is 5.25. The smallest absolute Gasteiger partial charge is 0.693 e. The summed E-state index contributed by atoms with van der Waals surface area (Å²) in [5.41, 5.74) is 5.25. The van der Waals surface area contributed by atoms with Gasteiger partial charge in [-0.05, 0) is 0 Å². The number of halogens is 2. The summed E-state index contributed by atoms with van der Waals surface area (Å²) in [6.45, 7) is 0.713. The summed E-state index contributed by atoms with van der Waals surface area (Å²) in [7, 11) is 9.34. The van der Waals surface area contributed by atoms with Crippen LogP contribution in [0.5, 0.6) is 0 Å². The molecule has 0 aromatic heterocycles. The summed E-state index contributed by atoms with van der Waals surface area (Å²) in [4.78, 5) is 0. The van der Waals surface area contributed by atoms with Gasteiger partial charge in [0.1, 0.15) is 0 Å². The van der Waals surface area contributed by atoms with E-state index in [0.29, 0.717) is 6.54 Å². The third-order valence-electron chi connectivity index (χ3n) is 0.742. The fourth-order valence-corrected chi connectivity index (χ4v) is 0.412. The first-order chi connectivity index (χ1) is 4.81. The van der Waals surface area contributed by atoms with Crippen molar-refractivity contribution in [2.45, 2.75) is 6.29 Å². The molecule has 4 nitrogen and oxygen atoms in total. The van der Waals surface area contributed by atoms with Crippen LogP contribution in [0.3, 0.4) is 0 Å². The van der Waals surface area contributed by atoms with E-state index in [2.05, 4.69) is 30.8 Å². The third kappa shape index (κ3) is 13.6. The Hall–Kier alpha value is 1.04. The molecule has 1 aliphatic rings. The van der Waals surface area contributed by atoms with Crippen molar-refractivity contribution in [3.8, 4) is 0 Å². The number of hydrogen-bond acceptors (Lipinski definition) is 1. The van der Waals surface area contributed by atoms with Crippen molar-refractivity contribution in [3.05, 3.63) is 29.1 Å². The summed E-state index contributed by atoms with van der Waals surface area (Å²) in [5, 5.41) is 7.61. The molecule has 1 rings (SSSR count). The van der Waals surface area contributed by atoms with Gasteiger partial charge in [-0.2, -0.15) is 12.5 Å². The van der Waals surface area contributed by atoms with Crippen molar-refractivity contribution < 1.29 is 30.2 Å². The van der Waals surface area contributed by atoms with E-state index in [9.17, 15) is 0 Å². The normalized spacial score (nSPS) is 19.1. The Morgan fingerprint density at radius 3 is 2.17 bits per heavy atom. The van der Waals surface area contributed by atoms with Crippen LogP contribution < -0.4 is 5.73 Å². The van der Waals surface area contributed by atoms with Gasteiger partial charge < -0.3 is 22.5 Å². The second-order valence-electron chi connectivity index (χ2n) is 1.36. The molecule has 1 unspecified atom stereocenters. The van der Waals surface area contributed by atoms with E-state index in [1.807, 2.05) is 6.08 Å². The summed E-state index contributed by atoms with van der Waals surface area (Å²) < 4.78 is 0. The molecule has 1 aliphatic heterocycles. The molecule has 8 heteroatoms. The minimum atomic E-state index is -0.301. The van der Waals surface area contributed by atoms with Crippen molar-refractivity contribution in [1.82, 2.24) is 0 Å². The minimum Gasteiger partial charge on any atom is -0.693 e. The van der Waals surface area contributed by atoms with Crippen molar-refractivity contribution >= 4 is 20.2 Å². The van der Waals surface area contributed by atoms with Gasteiger partial charge in [-0.15, -0.1) is 12.6 Å². The molecule has 0 aliphatic carbocycles. The molecule has 0 aromatic carbocycles. The van der Waals surface area contributed by atoms with Crippen LogP contribution in [0, 0.1) is 0 Å². The van der Waals surface area contributed by atoms with Crippen LogP contribution >= 0.6 is 20.2 Å². The fraction of sp³-hybridized carbons (Fsp3) is 0.500. The molecule has 0 amide bonds. The van der Waals surface area contributed by atoms with Gasteiger partial charge in [-0.3, -0.25) is 0 Å². The number of hydrogen-bond donors (Lipinski definition) is 1. The molecular weight excluding hydrogens is 302 g/mol. The zero-order valence-electron chi connectivity index (χ0n) is 5.85. The first-order valence-corrected chi connectivity index (χ1v) is 4.98. The van der Waals surface area contributed by atoms with Crippen LogP contribution in [-0.2, 0) is 30.2 Å². The van der Waals surface area contributed by atoms with Crippen molar-refractivity contribution in [1.29, 1.82) is 0 Å². The number of rotatable bonds is 0. The molecule has 0 saturated carbocycles. The molecule has 0 aromatic rings. The Kier molecular flexibility index (Phi) is 22.7. The van der Waals surface area contributed by atoms with E-state index in [-0.39, 0.29) is 29.5 Å². The third-order valence-corrected chi connectivity index (χ3v) is 0.742. The van der Waals surface area contributed by atoms with E-state index >= 15 is 0 Å². The molecule has 0 fully saturated rings. The van der Waals surface area contributed by atoms with E-state index in [1.165, 1.54) is 0 Å². The van der Waals surface area contributed by atoms with Gasteiger partial charge in [0.15, 0.2) is 0 Å². The van der Waals surface area contributed by atoms with Gasteiger partial charge in [0, 0.05) is 0 Å². The quantitative estimate of drug-likeness (QED) is 0.685. The molecule has 12 heavy (non-hydrogen) atoms. The molecule has 0 saturated heterocycles. The zero-order valence-corrected chi connectivity index (χ0v) is 9.24. The first kappa shape index (κ1) is 18.8. The summed E-state index contributed by atoms with van der Waals surface area (Å²) in [6, 6.07) is 0. The van der Waals surface area contributed by atoms with Crippen LogP contribution in [0.1, 0.15) is 0 Å². The van der Waals surface area contributed by atoms with Crippen molar-refractivity contribution in [2.75, 3.05) is 6.54 Å². The maximum absolute atomic E-state index is 5.25. The van der Waals surface area contributed by atoms with Gasteiger partial charge in [-0.25, -0.2) is 0 Å². The van der Waals surface area contributed by atoms with Crippen LogP contribution in [0.4, 0.5) is 0 Å². The standard InChI is InChI=1S/C4H7N3.2ClH.2Cu.H2N/c5-4-6-2-1-3-7-4;;;;;/h1-2,4H,3,5H2;2*1H;;;1H2/q-2;;;+1;+2;-1/p-2. The number of nitrogens with two attached hydrogens (primary N) is 2. The predicted molar refractivity (Wildman–Crippen MR) is 45.7 cm³/mol. The van der Waals surface area contributed by atoms with Gasteiger partial charge in [-0.1, -0.05) is 0 Å². The summed E-state index contributed by atoms with van der Waals surface area (Å²) in [6.07, 6.45) is 3.26. The van der Waals surface area contributed by atoms with Gasteiger partial charge >= 0.3 is 50.4 Å².